The molecule has 6 heteroatoms. The van der Waals surface area contributed by atoms with Crippen molar-refractivity contribution < 1.29 is 19.7 Å². The highest BCUT2D eigenvalue weighted by atomic mass is 16.5. The molecule has 1 aromatic carbocycles. The average molecular weight is 442 g/mol. The van der Waals surface area contributed by atoms with Gasteiger partial charge in [0.1, 0.15) is 18.0 Å². The number of ketones is 1. The molecule has 0 atom stereocenters. The monoisotopic (exact) mass is 442 g/mol. The van der Waals surface area contributed by atoms with Crippen molar-refractivity contribution in [1.82, 2.24) is 11.1 Å². The highest BCUT2D eigenvalue weighted by Gasteiger charge is 2.26. The topological polar surface area (TPSA) is 115 Å². The van der Waals surface area contributed by atoms with Crippen molar-refractivity contribution in [3.63, 3.8) is 0 Å². The van der Waals surface area contributed by atoms with E-state index in [0.29, 0.717) is 17.1 Å². The molecule has 1 aromatic heterocycles. The van der Waals surface area contributed by atoms with Crippen LogP contribution in [-0.4, -0.2) is 21.0 Å². The molecule has 0 radical (unpaired) electrons. The van der Waals surface area contributed by atoms with E-state index in [1.807, 2.05) is 24.3 Å². The average Bonchev–Trinajstić information content (AvgIpc) is 3.16. The van der Waals surface area contributed by atoms with Crippen molar-refractivity contribution in [3.05, 3.63) is 65.7 Å². The number of allylic oxidation sites excluding steroid dienone is 1. The number of aromatic nitrogens is 1. The van der Waals surface area contributed by atoms with E-state index in [2.05, 4.69) is 76.0 Å². The maximum atomic E-state index is 12.0. The zero-order chi connectivity index (χ0) is 23.6. The number of hydrogen-bond donors (Lipinski definition) is 3. The van der Waals surface area contributed by atoms with Crippen molar-refractivity contribution in [3.8, 4) is 89.0 Å². The second-order valence-electron chi connectivity index (χ2n) is 5.44. The standard InChI is InChI=1S/C14H9NO2.C14H2O2.H3N/c16-14-11-3-1-2-4-12(11)17-13(14)9-10-5-7-15-8-6-10;15-13-11-9-7-5-3-1-2-4-6-8-10-12-14-16;/h1-9H;15-16H;1H3/b13-9-;;. The summed E-state index contributed by atoms with van der Waals surface area (Å²) in [5.74, 6) is 28.6. The lowest BCUT2D eigenvalue weighted by Crippen LogP contribution is -1.97. The third kappa shape index (κ3) is 9.25. The summed E-state index contributed by atoms with van der Waals surface area (Å²) in [7, 11) is 0. The fraction of sp³-hybridized carbons (Fsp3) is 0. The summed E-state index contributed by atoms with van der Waals surface area (Å²) >= 11 is 0. The Morgan fingerprint density at radius 2 is 1.18 bits per heavy atom. The number of carbonyl (C=O) groups is 1. The summed E-state index contributed by atoms with van der Waals surface area (Å²) in [6, 6.07) is 10.9. The molecule has 0 amide bonds. The largest absolute Gasteiger partial charge is 0.461 e. The number of aliphatic hydroxyl groups is 2. The Balaban J connectivity index is 0.000000332. The first-order valence-corrected chi connectivity index (χ1v) is 8.97. The van der Waals surface area contributed by atoms with Crippen LogP contribution in [0.3, 0.4) is 0 Å². The summed E-state index contributed by atoms with van der Waals surface area (Å²) in [4.78, 5) is 15.9. The number of fused-ring (bicyclic) bond motifs is 1. The van der Waals surface area contributed by atoms with Gasteiger partial charge in [-0.2, -0.15) is 0 Å². The van der Waals surface area contributed by atoms with Gasteiger partial charge in [-0.05, 0) is 35.9 Å². The van der Waals surface area contributed by atoms with Crippen LogP contribution in [0, 0.1) is 83.3 Å². The number of hydrogen-bond acceptors (Lipinski definition) is 6. The van der Waals surface area contributed by atoms with Crippen molar-refractivity contribution >= 4 is 11.9 Å². The van der Waals surface area contributed by atoms with Crippen molar-refractivity contribution in [2.45, 2.75) is 0 Å². The molecule has 0 fully saturated rings. The number of carbonyl (C=O) groups excluding carboxylic acids is 1. The Morgan fingerprint density at radius 1 is 0.706 bits per heavy atom. The molecule has 0 spiro atoms. The zero-order valence-electron chi connectivity index (χ0n) is 17.6. The number of ether oxygens (including phenoxy) is 1. The highest BCUT2D eigenvalue weighted by molar-refractivity contribution is 6.14. The fourth-order valence-electron chi connectivity index (χ4n) is 2.12. The van der Waals surface area contributed by atoms with E-state index >= 15 is 0 Å². The molecular weight excluding hydrogens is 428 g/mol. The molecule has 0 unspecified atom stereocenters. The molecule has 2 heterocycles. The first-order chi connectivity index (χ1) is 16.3. The van der Waals surface area contributed by atoms with Crippen LogP contribution in [0.25, 0.3) is 6.08 Å². The van der Waals surface area contributed by atoms with E-state index in [9.17, 15) is 4.79 Å². The predicted molar refractivity (Wildman–Crippen MR) is 127 cm³/mol. The van der Waals surface area contributed by atoms with Gasteiger partial charge in [0.2, 0.25) is 5.78 Å². The van der Waals surface area contributed by atoms with E-state index in [4.69, 9.17) is 14.9 Å². The van der Waals surface area contributed by atoms with Crippen molar-refractivity contribution in [1.29, 1.82) is 0 Å². The molecule has 0 saturated carbocycles. The Morgan fingerprint density at radius 3 is 1.65 bits per heavy atom. The van der Waals surface area contributed by atoms with Crippen LogP contribution in [0.1, 0.15) is 15.9 Å². The van der Waals surface area contributed by atoms with Gasteiger partial charge in [-0.25, -0.2) is 0 Å². The number of pyridine rings is 1. The lowest BCUT2D eigenvalue weighted by molar-refractivity contribution is 0.101. The fourth-order valence-corrected chi connectivity index (χ4v) is 2.12. The van der Waals surface area contributed by atoms with Crippen LogP contribution in [0.5, 0.6) is 5.75 Å². The molecular formula is C28H14N2O4. The lowest BCUT2D eigenvalue weighted by Gasteiger charge is -1.97. The number of rotatable bonds is 1. The number of aliphatic hydroxyl groups excluding tert-OH is 2. The van der Waals surface area contributed by atoms with Gasteiger partial charge >= 0.3 is 0 Å². The van der Waals surface area contributed by atoms with Crippen LogP contribution in [0.4, 0.5) is 0 Å². The molecule has 3 rings (SSSR count). The quantitative estimate of drug-likeness (QED) is 0.462. The van der Waals surface area contributed by atoms with Gasteiger partial charge in [0.05, 0.1) is 5.56 Å². The van der Waals surface area contributed by atoms with Gasteiger partial charge in [0.25, 0.3) is 0 Å². The number of para-hydroxylation sites is 1. The number of benzene rings is 1. The van der Waals surface area contributed by atoms with Crippen LogP contribution < -0.4 is 10.9 Å². The van der Waals surface area contributed by atoms with Gasteiger partial charge in [-0.15, -0.1) is 0 Å². The highest BCUT2D eigenvalue weighted by Crippen LogP contribution is 2.31. The molecule has 34 heavy (non-hydrogen) atoms. The maximum absolute atomic E-state index is 12.0. The Labute approximate surface area is 197 Å². The third-order valence-corrected chi connectivity index (χ3v) is 3.38. The van der Waals surface area contributed by atoms with E-state index < -0.39 is 0 Å². The smallest absolute Gasteiger partial charge is 0.231 e. The van der Waals surface area contributed by atoms with Gasteiger partial charge in [-0.3, -0.25) is 9.78 Å². The third-order valence-electron chi connectivity index (χ3n) is 3.38. The summed E-state index contributed by atoms with van der Waals surface area (Å²) in [6.07, 6.45) is 8.30. The molecule has 2 aromatic rings. The van der Waals surface area contributed by atoms with Crippen LogP contribution in [0.2, 0.25) is 0 Å². The summed E-state index contributed by atoms with van der Waals surface area (Å²) in [5.41, 5.74) is 1.52. The number of nitrogens with zero attached hydrogens (tertiary/aromatic N) is 1. The number of Topliss-reactive ketones (excluding diaryl/α,β-unsaturated/α-hetero) is 1. The molecule has 1 aliphatic heterocycles. The van der Waals surface area contributed by atoms with Crippen LogP contribution in [0.15, 0.2) is 54.6 Å². The van der Waals surface area contributed by atoms with Crippen LogP contribution >= 0.6 is 0 Å². The minimum Gasteiger partial charge on any atom is -0.461 e. The molecule has 160 valence electrons. The Bertz CT molecular complexity index is 1450. The van der Waals surface area contributed by atoms with E-state index in [-0.39, 0.29) is 11.9 Å². The molecule has 6 nitrogen and oxygen atoms in total. The maximum Gasteiger partial charge on any atom is 0.231 e. The SMILES string of the molecule is N.O=C1/C(=C/c2ccncc2)Oc2ccccc21.OC#CC#CC#CC#CC#CC#CC#CO. The van der Waals surface area contributed by atoms with Crippen LogP contribution in [-0.2, 0) is 0 Å². The normalized spacial score (nSPS) is 9.65. The van der Waals surface area contributed by atoms with Gasteiger partial charge in [0, 0.05) is 83.4 Å². The van der Waals surface area contributed by atoms with E-state index in [1.54, 1.807) is 42.8 Å². The molecule has 1 aliphatic rings. The van der Waals surface area contributed by atoms with Crippen molar-refractivity contribution in [2.75, 3.05) is 0 Å². The Kier molecular flexibility index (Phi) is 12.2. The first kappa shape index (κ1) is 26.1. The summed E-state index contributed by atoms with van der Waals surface area (Å²) in [5, 5.41) is 16.1. The van der Waals surface area contributed by atoms with Gasteiger partial charge in [-0.1, -0.05) is 12.1 Å². The molecule has 0 saturated heterocycles. The van der Waals surface area contributed by atoms with Gasteiger partial charge < -0.3 is 21.1 Å². The molecule has 0 bridgehead atoms. The second kappa shape index (κ2) is 15.8. The zero-order valence-corrected chi connectivity index (χ0v) is 17.6. The lowest BCUT2D eigenvalue weighted by atomic mass is 10.1. The van der Waals surface area contributed by atoms with Crippen molar-refractivity contribution in [2.24, 2.45) is 0 Å². The molecule has 0 aliphatic carbocycles. The molecule has 5 N–H and O–H groups in total. The summed E-state index contributed by atoms with van der Waals surface area (Å²) < 4.78 is 5.51. The van der Waals surface area contributed by atoms with E-state index in [1.165, 1.54) is 0 Å². The predicted octanol–water partition coefficient (Wildman–Crippen LogP) is 2.53. The summed E-state index contributed by atoms with van der Waals surface area (Å²) in [6.45, 7) is 0. The first-order valence-electron chi connectivity index (χ1n) is 8.97. The minimum absolute atomic E-state index is 0. The second-order valence-corrected chi connectivity index (χ2v) is 5.44. The Hall–Kier alpha value is -5.94. The van der Waals surface area contributed by atoms with E-state index in [0.717, 1.165) is 5.56 Å². The minimum atomic E-state index is -0.0718. The van der Waals surface area contributed by atoms with Gasteiger partial charge in [0.15, 0.2) is 5.76 Å².